The number of H-pyrrole nitrogens is 1. The highest BCUT2D eigenvalue weighted by atomic mass is 16.6. The van der Waals surface area contributed by atoms with Gasteiger partial charge in [0.05, 0.1) is 19.3 Å². The number of methoxy groups -OCH3 is 1. The van der Waals surface area contributed by atoms with E-state index >= 15 is 0 Å². The Bertz CT molecular complexity index is 3490. The number of nitrogens with one attached hydrogen (secondary N) is 2. The SMILES string of the molecule is CC(C)(C)OC[C@@H](N)C(=O)OC1CCCC1.CC(C)(C)[C@H](N)C(=O)OC1CCCC1.CC(C)C[C@@H](N)C(=O)OC1CCCC1.COC(=O)[C@@H](N)Cc1c[nH]c2ccccc12.N[C@@H](C(=O)OC1CCCC1)C1CCCCC1.N[C@@H](C(=O)OC1CCCC1)c1ccccc1.O=C(OC1CCCC1)C1CNCCN1C(=O)OCc1ccccc1. The van der Waals surface area contributed by atoms with E-state index in [1.165, 1.54) is 69.8 Å². The highest BCUT2D eigenvalue weighted by Gasteiger charge is 2.38. The summed E-state index contributed by atoms with van der Waals surface area (Å²) in [6, 6.07) is 22.9. The maximum atomic E-state index is 12.4. The third kappa shape index (κ3) is 36.3. The van der Waals surface area contributed by atoms with Gasteiger partial charge in [-0.2, -0.15) is 0 Å². The Morgan fingerprint density at radius 1 is 0.483 bits per heavy atom. The number of para-hydroxylation sites is 1. The van der Waals surface area contributed by atoms with E-state index in [2.05, 4.69) is 28.9 Å². The van der Waals surface area contributed by atoms with Gasteiger partial charge in [-0.05, 0) is 234 Å². The molecule has 12 rings (SSSR count). The Balaban J connectivity index is 0.000000212. The molecule has 0 radical (unpaired) electrons. The molecule has 4 aromatic rings. The van der Waals surface area contributed by atoms with Crippen molar-refractivity contribution in [1.82, 2.24) is 15.2 Å². The van der Waals surface area contributed by atoms with Crippen molar-refractivity contribution in [1.29, 1.82) is 0 Å². The van der Waals surface area contributed by atoms with Crippen LogP contribution in [0.1, 0.15) is 271 Å². The fourth-order valence-corrected chi connectivity index (χ4v) is 15.1. The molecular formula is C90H143N9O17. The lowest BCUT2D eigenvalue weighted by atomic mass is 9.84. The number of nitrogens with zero attached hydrogens (tertiary/aromatic N) is 1. The molecule has 1 aliphatic heterocycles. The van der Waals surface area contributed by atoms with Crippen LogP contribution >= 0.6 is 0 Å². The maximum Gasteiger partial charge on any atom is 0.410 e. The van der Waals surface area contributed by atoms with Gasteiger partial charge in [0.15, 0.2) is 0 Å². The van der Waals surface area contributed by atoms with Gasteiger partial charge in [0.25, 0.3) is 0 Å². The van der Waals surface area contributed by atoms with E-state index in [9.17, 15) is 38.4 Å². The molecule has 2 heterocycles. The number of esters is 7. The Kier molecular flexibility index (Phi) is 43.4. The first kappa shape index (κ1) is 97.3. The van der Waals surface area contributed by atoms with E-state index < -0.39 is 42.3 Å². The molecule has 26 nitrogen and oxygen atoms in total. The van der Waals surface area contributed by atoms with E-state index in [0.717, 1.165) is 156 Å². The van der Waals surface area contributed by atoms with Crippen molar-refractivity contribution < 1.29 is 81.0 Å². The molecule has 0 spiro atoms. The van der Waals surface area contributed by atoms with Gasteiger partial charge in [-0.3, -0.25) is 28.9 Å². The first-order valence-corrected chi connectivity index (χ1v) is 43.2. The number of carbonyl (C=O) groups excluding carboxylic acids is 8. The van der Waals surface area contributed by atoms with E-state index in [-0.39, 0.29) is 109 Å². The summed E-state index contributed by atoms with van der Waals surface area (Å²) >= 11 is 0. The van der Waals surface area contributed by atoms with Gasteiger partial charge >= 0.3 is 47.9 Å². The second kappa shape index (κ2) is 51.7. The van der Waals surface area contributed by atoms with Crippen molar-refractivity contribution in [2.24, 2.45) is 51.7 Å². The van der Waals surface area contributed by atoms with Crippen molar-refractivity contribution in [3.63, 3.8) is 0 Å². The van der Waals surface area contributed by atoms with Gasteiger partial charge in [-0.1, -0.05) is 133 Å². The Morgan fingerprint density at radius 3 is 1.39 bits per heavy atom. The molecule has 7 saturated carbocycles. The van der Waals surface area contributed by atoms with Gasteiger partial charge in [0.2, 0.25) is 0 Å². The number of amides is 1. The zero-order valence-electron chi connectivity index (χ0n) is 71.1. The normalized spacial score (nSPS) is 19.9. The molecule has 1 saturated heterocycles. The highest BCUT2D eigenvalue weighted by Crippen LogP contribution is 2.31. The number of piperazine rings is 1. The van der Waals surface area contributed by atoms with Crippen LogP contribution in [0.3, 0.4) is 0 Å². The summed E-state index contributed by atoms with van der Waals surface area (Å²) in [5.41, 5.74) is 38.1. The molecule has 116 heavy (non-hydrogen) atoms. The minimum Gasteiger partial charge on any atom is -0.468 e. The topological polar surface area (TPSA) is 407 Å². The molecule has 8 fully saturated rings. The van der Waals surface area contributed by atoms with Gasteiger partial charge in [0.1, 0.15) is 85.5 Å². The van der Waals surface area contributed by atoms with Crippen molar-refractivity contribution in [3.05, 3.63) is 108 Å². The van der Waals surface area contributed by atoms with Gasteiger partial charge in [0, 0.05) is 43.2 Å². The second-order valence-electron chi connectivity index (χ2n) is 34.6. The van der Waals surface area contributed by atoms with Crippen LogP contribution in [0.5, 0.6) is 0 Å². The third-order valence-electron chi connectivity index (χ3n) is 22.1. The molecule has 650 valence electrons. The van der Waals surface area contributed by atoms with E-state index in [1.54, 1.807) is 0 Å². The summed E-state index contributed by atoms with van der Waals surface area (Å²) in [5, 5.41) is 4.25. The summed E-state index contributed by atoms with van der Waals surface area (Å²) in [6.07, 6.45) is 34.8. The first-order valence-electron chi connectivity index (χ1n) is 43.2. The van der Waals surface area contributed by atoms with E-state index in [0.29, 0.717) is 44.3 Å². The van der Waals surface area contributed by atoms with Crippen molar-refractivity contribution in [2.45, 2.75) is 346 Å². The van der Waals surface area contributed by atoms with Gasteiger partial charge in [-0.25, -0.2) is 14.4 Å². The van der Waals surface area contributed by atoms with Crippen molar-refractivity contribution in [3.8, 4) is 0 Å². The lowest BCUT2D eigenvalue weighted by molar-refractivity contribution is -0.155. The van der Waals surface area contributed by atoms with Gasteiger partial charge < -0.3 is 87.3 Å². The van der Waals surface area contributed by atoms with Crippen LogP contribution in [0.15, 0.2) is 91.1 Å². The lowest BCUT2D eigenvalue weighted by Crippen LogP contribution is -2.57. The second-order valence-corrected chi connectivity index (χ2v) is 34.6. The smallest absolute Gasteiger partial charge is 0.410 e. The van der Waals surface area contributed by atoms with Crippen LogP contribution in [0, 0.1) is 17.3 Å². The van der Waals surface area contributed by atoms with Crippen LogP contribution in [-0.4, -0.2) is 170 Å². The molecule has 1 aromatic heterocycles. The summed E-state index contributed by atoms with van der Waals surface area (Å²) in [6.45, 7) is 17.7. The number of hydrogen-bond donors (Lipinski definition) is 8. The highest BCUT2D eigenvalue weighted by molar-refractivity contribution is 5.85. The molecule has 7 atom stereocenters. The molecule has 3 aromatic carbocycles. The molecule has 0 bridgehead atoms. The minimum absolute atomic E-state index is 0.00150. The third-order valence-corrected chi connectivity index (χ3v) is 22.1. The molecule has 14 N–H and O–H groups in total. The van der Waals surface area contributed by atoms with Crippen LogP contribution in [0.4, 0.5) is 4.79 Å². The molecule has 1 amide bonds. The average molecular weight is 1620 g/mol. The molecule has 26 heteroatoms. The fraction of sp³-hybridized carbons (Fsp3) is 0.689. The number of benzene rings is 3. The van der Waals surface area contributed by atoms with Crippen LogP contribution < -0.4 is 39.7 Å². The molecular weight excluding hydrogens is 1480 g/mol. The number of rotatable bonds is 23. The number of fused-ring (bicyclic) bond motifs is 1. The van der Waals surface area contributed by atoms with E-state index in [4.69, 9.17) is 72.3 Å². The number of hydrogen-bond acceptors (Lipinski definition) is 24. The number of aromatic amines is 1. The van der Waals surface area contributed by atoms with Crippen molar-refractivity contribution in [2.75, 3.05) is 33.4 Å². The largest absolute Gasteiger partial charge is 0.468 e. The van der Waals surface area contributed by atoms with Crippen LogP contribution in [0.25, 0.3) is 10.9 Å². The standard InChI is InChI=1S/C18H24N2O4.C13H23NO2.C13H17NO2.C12H14N2O2.C12H23NO3.2C11H21NO2/c21-17(24-15-8-4-5-9-15)16-12-19-10-11-20(16)18(22)23-13-14-6-2-1-3-7-14;2*14-12(10-6-2-1-3-7-10)13(15)16-11-8-4-5-9-11;1-16-12(15)10(13)6-8-7-14-11-5-3-2-4-9(8)11;1-12(2,3)15-8-10(13)11(14)16-9-6-4-5-7-9;1-11(2,3)9(12)10(13)14-8-6-4-5-7-8;1-8(2)7-10(12)11(13)14-9-5-3-4-6-9/h1-3,6-7,15-16,19H,4-5,8-13H2;10-12H,1-9,14H2;1-3,6-7,11-12H,4-5,8-9,14H2;2-5,7,10,14H,6,13H2,1H3;9-10H,4-8,13H2,1-3H3;8-9H,4-7,12H2,1-3H3;8-10H,3-7,12H2,1-2H3/t;2*12-;2*10-;9-;10-/m.110111/s1. The monoisotopic (exact) mass is 1620 g/mol. The number of nitrogens with two attached hydrogens (primary N) is 6. The van der Waals surface area contributed by atoms with E-state index in [1.807, 2.05) is 133 Å². The average Bonchev–Trinajstić information content (AvgIpc) is 1.59. The predicted molar refractivity (Wildman–Crippen MR) is 449 cm³/mol. The van der Waals surface area contributed by atoms with Crippen LogP contribution in [0.2, 0.25) is 0 Å². The molecule has 7 aliphatic carbocycles. The number of carbonyl (C=O) groups is 8. The molecule has 8 aliphatic rings. The Hall–Kier alpha value is -7.56. The minimum atomic E-state index is -0.667. The lowest BCUT2D eigenvalue weighted by Gasteiger charge is -2.34. The zero-order valence-corrected chi connectivity index (χ0v) is 71.1. The first-order chi connectivity index (χ1) is 55.4. The summed E-state index contributed by atoms with van der Waals surface area (Å²) in [7, 11) is 1.34. The zero-order chi connectivity index (χ0) is 84.6. The summed E-state index contributed by atoms with van der Waals surface area (Å²) in [4.78, 5) is 98.9. The Morgan fingerprint density at radius 2 is 0.914 bits per heavy atom. The van der Waals surface area contributed by atoms with Gasteiger partial charge in [-0.15, -0.1) is 0 Å². The number of ether oxygens (including phenoxy) is 9. The fourth-order valence-electron chi connectivity index (χ4n) is 15.1. The van der Waals surface area contributed by atoms with Crippen molar-refractivity contribution >= 4 is 58.8 Å². The summed E-state index contributed by atoms with van der Waals surface area (Å²) < 4.78 is 47.8. The molecule has 1 unspecified atom stereocenters. The number of aromatic nitrogens is 1. The quantitative estimate of drug-likeness (QED) is 0.0252. The Labute approximate surface area is 690 Å². The van der Waals surface area contributed by atoms with Crippen LogP contribution in [-0.2, 0) is 89.2 Å². The maximum absolute atomic E-state index is 12.4. The summed E-state index contributed by atoms with van der Waals surface area (Å²) in [5.74, 6) is -1.16. The predicted octanol–water partition coefficient (Wildman–Crippen LogP) is 13.2.